The van der Waals surface area contributed by atoms with E-state index in [9.17, 15) is 9.59 Å². The van der Waals surface area contributed by atoms with E-state index in [1.54, 1.807) is 15.9 Å². The van der Waals surface area contributed by atoms with E-state index in [1.807, 2.05) is 36.4 Å². The number of hydrogen-bond donors (Lipinski definition) is 3. The van der Waals surface area contributed by atoms with Crippen LogP contribution in [0.2, 0.25) is 0 Å². The highest BCUT2D eigenvalue weighted by Crippen LogP contribution is 2.21. The number of benzene rings is 2. The number of rotatable bonds is 8. The van der Waals surface area contributed by atoms with Gasteiger partial charge in [0.15, 0.2) is 0 Å². The third-order valence-electron chi connectivity index (χ3n) is 6.20. The van der Waals surface area contributed by atoms with Gasteiger partial charge in [0, 0.05) is 44.1 Å². The maximum atomic E-state index is 13.3. The Labute approximate surface area is 203 Å². The second-order valence-electron chi connectivity index (χ2n) is 8.54. The van der Waals surface area contributed by atoms with Crippen LogP contribution >= 0.6 is 0 Å². The summed E-state index contributed by atoms with van der Waals surface area (Å²) in [5.74, 6) is 0.152. The van der Waals surface area contributed by atoms with Gasteiger partial charge in [-0.1, -0.05) is 24.3 Å². The molecule has 2 amide bonds. The van der Waals surface area contributed by atoms with Crippen molar-refractivity contribution in [1.82, 2.24) is 19.8 Å². The van der Waals surface area contributed by atoms with Crippen LogP contribution in [0.25, 0.3) is 10.9 Å². The minimum Gasteiger partial charge on any atom is -0.384 e. The van der Waals surface area contributed by atoms with Crippen LogP contribution < -0.4 is 11.5 Å². The molecule has 3 aromatic rings. The number of anilines is 1. The SMILES string of the molecule is COC[C@H]1C(=O)N(Cc2ccc3c(N)ncnc3c2)CCN1C(=O)CCc1cccc(C(=N)N)c1. The second kappa shape index (κ2) is 10.5. The lowest BCUT2D eigenvalue weighted by Crippen LogP contribution is -2.60. The number of carbonyl (C=O) groups excluding carboxylic acids is 2. The van der Waals surface area contributed by atoms with E-state index in [-0.39, 0.29) is 30.7 Å². The number of amides is 2. The fourth-order valence-corrected chi connectivity index (χ4v) is 4.34. The van der Waals surface area contributed by atoms with Gasteiger partial charge in [0.1, 0.15) is 24.0 Å². The van der Waals surface area contributed by atoms with Gasteiger partial charge in [-0.15, -0.1) is 0 Å². The van der Waals surface area contributed by atoms with Crippen LogP contribution in [-0.4, -0.2) is 70.3 Å². The standard InChI is InChI=1S/C25H29N7O3/c1-35-14-21-25(34)31(13-17-5-7-19-20(12-17)29-15-30-24(19)28)9-10-32(21)22(33)8-6-16-3-2-4-18(11-16)23(26)27/h2-5,7,11-12,15,21H,6,8-10,13-14H2,1H3,(H3,26,27)(H2,28,29,30)/t21-/m0/s1. The molecule has 10 nitrogen and oxygen atoms in total. The van der Waals surface area contributed by atoms with Crippen LogP contribution in [0.3, 0.4) is 0 Å². The molecule has 1 aliphatic rings. The molecular weight excluding hydrogens is 446 g/mol. The number of nitrogen functional groups attached to an aromatic ring is 2. The Balaban J connectivity index is 1.43. The number of methoxy groups -OCH3 is 1. The van der Waals surface area contributed by atoms with Crippen molar-refractivity contribution in [3.05, 3.63) is 65.5 Å². The molecule has 0 spiro atoms. The Morgan fingerprint density at radius 2 is 2.00 bits per heavy atom. The third-order valence-corrected chi connectivity index (χ3v) is 6.20. The first-order valence-corrected chi connectivity index (χ1v) is 11.4. The van der Waals surface area contributed by atoms with Crippen molar-refractivity contribution in [2.75, 3.05) is 32.5 Å². The first kappa shape index (κ1) is 24.1. The molecule has 5 N–H and O–H groups in total. The fourth-order valence-electron chi connectivity index (χ4n) is 4.34. The molecule has 10 heteroatoms. The Kier molecular flexibility index (Phi) is 7.21. The molecule has 1 saturated heterocycles. The van der Waals surface area contributed by atoms with Crippen molar-refractivity contribution < 1.29 is 14.3 Å². The van der Waals surface area contributed by atoms with E-state index in [0.29, 0.717) is 37.4 Å². The lowest BCUT2D eigenvalue weighted by Gasteiger charge is -2.40. The normalized spacial score (nSPS) is 16.0. The van der Waals surface area contributed by atoms with Crippen molar-refractivity contribution in [3.63, 3.8) is 0 Å². The van der Waals surface area contributed by atoms with E-state index in [1.165, 1.54) is 13.4 Å². The zero-order valence-electron chi connectivity index (χ0n) is 19.6. The maximum absolute atomic E-state index is 13.3. The Morgan fingerprint density at radius 1 is 1.17 bits per heavy atom. The maximum Gasteiger partial charge on any atom is 0.248 e. The van der Waals surface area contributed by atoms with E-state index < -0.39 is 6.04 Å². The van der Waals surface area contributed by atoms with E-state index >= 15 is 0 Å². The highest BCUT2D eigenvalue weighted by molar-refractivity contribution is 5.95. The van der Waals surface area contributed by atoms with Crippen LogP contribution in [0.15, 0.2) is 48.8 Å². The van der Waals surface area contributed by atoms with Crippen molar-refractivity contribution in [1.29, 1.82) is 5.41 Å². The zero-order valence-corrected chi connectivity index (χ0v) is 19.6. The quantitative estimate of drug-likeness (QED) is 0.328. The summed E-state index contributed by atoms with van der Waals surface area (Å²) in [5.41, 5.74) is 14.7. The number of nitrogens with zero attached hydrogens (tertiary/aromatic N) is 4. The monoisotopic (exact) mass is 475 g/mol. The van der Waals surface area contributed by atoms with Gasteiger partial charge in [0.2, 0.25) is 11.8 Å². The number of nitrogens with two attached hydrogens (primary N) is 2. The Bertz CT molecular complexity index is 1260. The molecular formula is C25H29N7O3. The molecule has 0 aliphatic carbocycles. The molecule has 0 bridgehead atoms. The van der Waals surface area contributed by atoms with Crippen LogP contribution in [0, 0.1) is 5.41 Å². The van der Waals surface area contributed by atoms with Crippen molar-refractivity contribution in [2.45, 2.75) is 25.4 Å². The summed E-state index contributed by atoms with van der Waals surface area (Å²) in [7, 11) is 1.52. The van der Waals surface area contributed by atoms with Crippen molar-refractivity contribution >= 4 is 34.4 Å². The molecule has 4 rings (SSSR count). The molecule has 1 aromatic heterocycles. The van der Waals surface area contributed by atoms with Crippen molar-refractivity contribution in [3.8, 4) is 0 Å². The smallest absolute Gasteiger partial charge is 0.248 e. The predicted molar refractivity (Wildman–Crippen MR) is 133 cm³/mol. The summed E-state index contributed by atoms with van der Waals surface area (Å²) < 4.78 is 5.30. The molecule has 0 unspecified atom stereocenters. The van der Waals surface area contributed by atoms with E-state index in [0.717, 1.165) is 22.0 Å². The van der Waals surface area contributed by atoms with Gasteiger partial charge in [-0.25, -0.2) is 9.97 Å². The second-order valence-corrected chi connectivity index (χ2v) is 8.54. The summed E-state index contributed by atoms with van der Waals surface area (Å²) in [6.45, 7) is 1.38. The van der Waals surface area contributed by atoms with E-state index in [4.69, 9.17) is 21.6 Å². The van der Waals surface area contributed by atoms with Gasteiger partial charge in [-0.2, -0.15) is 0 Å². The molecule has 2 aromatic carbocycles. The molecule has 2 heterocycles. The van der Waals surface area contributed by atoms with Crippen LogP contribution in [0.4, 0.5) is 5.82 Å². The molecule has 35 heavy (non-hydrogen) atoms. The van der Waals surface area contributed by atoms with Crippen LogP contribution in [-0.2, 0) is 27.3 Å². The molecule has 1 fully saturated rings. The van der Waals surface area contributed by atoms with Gasteiger partial charge < -0.3 is 26.0 Å². The number of hydrogen-bond acceptors (Lipinski definition) is 7. The highest BCUT2D eigenvalue weighted by Gasteiger charge is 2.37. The first-order chi connectivity index (χ1) is 16.9. The van der Waals surface area contributed by atoms with Gasteiger partial charge in [0.05, 0.1) is 12.1 Å². The van der Waals surface area contributed by atoms with Gasteiger partial charge in [-0.05, 0) is 35.7 Å². The van der Waals surface area contributed by atoms with E-state index in [2.05, 4.69) is 9.97 Å². The minimum absolute atomic E-state index is 0.0117. The Morgan fingerprint density at radius 3 is 2.77 bits per heavy atom. The van der Waals surface area contributed by atoms with Gasteiger partial charge in [0.25, 0.3) is 0 Å². The molecule has 182 valence electrons. The summed E-state index contributed by atoms with van der Waals surface area (Å²) in [5, 5.41) is 8.35. The zero-order chi connectivity index (χ0) is 24.9. The number of ether oxygens (including phenoxy) is 1. The average molecular weight is 476 g/mol. The van der Waals surface area contributed by atoms with Crippen molar-refractivity contribution in [2.24, 2.45) is 5.73 Å². The molecule has 0 saturated carbocycles. The van der Waals surface area contributed by atoms with Crippen LogP contribution in [0.1, 0.15) is 23.1 Å². The summed E-state index contributed by atoms with van der Waals surface area (Å²) in [6, 6.07) is 12.3. The van der Waals surface area contributed by atoms with Crippen LogP contribution in [0.5, 0.6) is 0 Å². The topological polar surface area (TPSA) is 152 Å². The van der Waals surface area contributed by atoms with Gasteiger partial charge in [-0.3, -0.25) is 15.0 Å². The number of carbonyl (C=O) groups is 2. The molecule has 0 radical (unpaired) electrons. The first-order valence-electron chi connectivity index (χ1n) is 11.4. The largest absolute Gasteiger partial charge is 0.384 e. The Hall–Kier alpha value is -4.05. The number of aryl methyl sites for hydroxylation is 1. The van der Waals surface area contributed by atoms with Gasteiger partial charge >= 0.3 is 0 Å². The predicted octanol–water partition coefficient (Wildman–Crippen LogP) is 1.31. The number of aromatic nitrogens is 2. The lowest BCUT2D eigenvalue weighted by atomic mass is 10.0. The number of amidine groups is 1. The summed E-state index contributed by atoms with van der Waals surface area (Å²) in [6.07, 6.45) is 2.17. The third kappa shape index (κ3) is 5.38. The highest BCUT2D eigenvalue weighted by atomic mass is 16.5. The minimum atomic E-state index is -0.678. The number of fused-ring (bicyclic) bond motifs is 1. The lowest BCUT2D eigenvalue weighted by molar-refractivity contribution is -0.154. The number of piperazine rings is 1. The molecule has 1 aliphatic heterocycles. The summed E-state index contributed by atoms with van der Waals surface area (Å²) in [4.78, 5) is 38.0. The summed E-state index contributed by atoms with van der Waals surface area (Å²) >= 11 is 0. The molecule has 1 atom stereocenters. The number of nitrogens with one attached hydrogen (secondary N) is 1. The average Bonchev–Trinajstić information content (AvgIpc) is 2.85. The fraction of sp³-hybridized carbons (Fsp3) is 0.320.